The van der Waals surface area contributed by atoms with Gasteiger partial charge in [-0.2, -0.15) is 5.10 Å². The molecule has 1 N–H and O–H groups in total. The Morgan fingerprint density at radius 1 is 1.33 bits per heavy atom. The van der Waals surface area contributed by atoms with Crippen LogP contribution in [0.1, 0.15) is 24.3 Å². The second kappa shape index (κ2) is 5.54. The third-order valence-electron chi connectivity index (χ3n) is 3.57. The fourth-order valence-electron chi connectivity index (χ4n) is 2.48. The lowest BCUT2D eigenvalue weighted by atomic mass is 10.0. The number of hydrogen-bond donors (Lipinski definition) is 1. The molecule has 0 spiro atoms. The highest BCUT2D eigenvalue weighted by Crippen LogP contribution is 2.31. The summed E-state index contributed by atoms with van der Waals surface area (Å²) >= 11 is 0. The first-order valence-electron chi connectivity index (χ1n) is 6.87. The van der Waals surface area contributed by atoms with Gasteiger partial charge in [0.15, 0.2) is 5.75 Å². The standard InChI is InChI=1S/C16H17N3O2/c1-3-19-15(14(21-2)10-18-19)16(20)12-6-7-13-11(9-12)5-4-8-17-13/h4-10,16,20H,3H2,1-2H3. The monoisotopic (exact) mass is 283 g/mol. The van der Waals surface area contributed by atoms with E-state index in [9.17, 15) is 5.11 Å². The Balaban J connectivity index is 2.07. The largest absolute Gasteiger partial charge is 0.493 e. The Labute approximate surface area is 122 Å². The first-order chi connectivity index (χ1) is 10.2. The molecule has 1 atom stereocenters. The van der Waals surface area contributed by atoms with Gasteiger partial charge in [0, 0.05) is 18.1 Å². The number of fused-ring (bicyclic) bond motifs is 1. The molecule has 0 amide bonds. The molecule has 1 aromatic carbocycles. The van der Waals surface area contributed by atoms with Crippen LogP contribution in [0.15, 0.2) is 42.7 Å². The average Bonchev–Trinajstić information content (AvgIpc) is 2.96. The van der Waals surface area contributed by atoms with Crippen LogP contribution >= 0.6 is 0 Å². The van der Waals surface area contributed by atoms with Crippen LogP contribution in [0.3, 0.4) is 0 Å². The van der Waals surface area contributed by atoms with Gasteiger partial charge in [-0.1, -0.05) is 12.1 Å². The van der Waals surface area contributed by atoms with Crippen molar-refractivity contribution < 1.29 is 9.84 Å². The maximum Gasteiger partial charge on any atom is 0.163 e. The summed E-state index contributed by atoms with van der Waals surface area (Å²) in [5.41, 5.74) is 2.37. The second-order valence-electron chi connectivity index (χ2n) is 4.77. The van der Waals surface area contributed by atoms with E-state index >= 15 is 0 Å². The number of aliphatic hydroxyl groups excluding tert-OH is 1. The van der Waals surface area contributed by atoms with E-state index in [1.165, 1.54) is 0 Å². The minimum Gasteiger partial charge on any atom is -0.493 e. The Hall–Kier alpha value is -2.40. The van der Waals surface area contributed by atoms with Gasteiger partial charge in [-0.05, 0) is 30.7 Å². The highest BCUT2D eigenvalue weighted by molar-refractivity contribution is 5.79. The predicted molar refractivity (Wildman–Crippen MR) is 80.3 cm³/mol. The van der Waals surface area contributed by atoms with Crippen LogP contribution in [-0.2, 0) is 6.54 Å². The highest BCUT2D eigenvalue weighted by Gasteiger charge is 2.21. The lowest BCUT2D eigenvalue weighted by Gasteiger charge is -2.15. The Morgan fingerprint density at radius 3 is 2.95 bits per heavy atom. The zero-order chi connectivity index (χ0) is 14.8. The van der Waals surface area contributed by atoms with Crippen LogP contribution in [0, 0.1) is 0 Å². The van der Waals surface area contributed by atoms with E-state index < -0.39 is 6.10 Å². The molecule has 0 fully saturated rings. The molecule has 0 aliphatic rings. The molecule has 3 aromatic rings. The van der Waals surface area contributed by atoms with Gasteiger partial charge >= 0.3 is 0 Å². The van der Waals surface area contributed by atoms with Crippen molar-refractivity contribution in [2.75, 3.05) is 7.11 Å². The van der Waals surface area contributed by atoms with Gasteiger partial charge in [-0.25, -0.2) is 0 Å². The van der Waals surface area contributed by atoms with Crippen LogP contribution in [-0.4, -0.2) is 27.0 Å². The Morgan fingerprint density at radius 2 is 2.19 bits per heavy atom. The van der Waals surface area contributed by atoms with Crippen molar-refractivity contribution in [2.24, 2.45) is 0 Å². The number of methoxy groups -OCH3 is 1. The molecule has 0 saturated heterocycles. The molecule has 0 bridgehead atoms. The molecule has 0 aliphatic heterocycles. The van der Waals surface area contributed by atoms with Crippen molar-refractivity contribution in [2.45, 2.75) is 19.6 Å². The first kappa shape index (κ1) is 13.6. The molecule has 5 heteroatoms. The normalized spacial score (nSPS) is 12.5. The van der Waals surface area contributed by atoms with E-state index in [1.807, 2.05) is 37.3 Å². The van der Waals surface area contributed by atoms with Crippen LogP contribution in [0.2, 0.25) is 0 Å². The summed E-state index contributed by atoms with van der Waals surface area (Å²) < 4.78 is 7.05. The highest BCUT2D eigenvalue weighted by atomic mass is 16.5. The third kappa shape index (κ3) is 2.36. The average molecular weight is 283 g/mol. The van der Waals surface area contributed by atoms with E-state index in [-0.39, 0.29) is 0 Å². The molecule has 2 aromatic heterocycles. The van der Waals surface area contributed by atoms with Crippen molar-refractivity contribution >= 4 is 10.9 Å². The number of nitrogens with zero attached hydrogens (tertiary/aromatic N) is 3. The fraction of sp³-hybridized carbons (Fsp3) is 0.250. The molecule has 3 rings (SSSR count). The molecule has 21 heavy (non-hydrogen) atoms. The van der Waals surface area contributed by atoms with E-state index in [4.69, 9.17) is 4.74 Å². The van der Waals surface area contributed by atoms with Gasteiger partial charge in [0.2, 0.25) is 0 Å². The third-order valence-corrected chi connectivity index (χ3v) is 3.57. The minimum absolute atomic E-state index is 0.593. The maximum atomic E-state index is 10.7. The second-order valence-corrected chi connectivity index (χ2v) is 4.77. The van der Waals surface area contributed by atoms with Crippen molar-refractivity contribution in [3.8, 4) is 5.75 Å². The van der Waals surface area contributed by atoms with Crippen LogP contribution < -0.4 is 4.74 Å². The zero-order valence-corrected chi connectivity index (χ0v) is 12.0. The SMILES string of the molecule is CCn1ncc(OC)c1C(O)c1ccc2ncccc2c1. The van der Waals surface area contributed by atoms with Gasteiger partial charge in [-0.15, -0.1) is 0 Å². The minimum atomic E-state index is -0.785. The lowest BCUT2D eigenvalue weighted by Crippen LogP contribution is -2.10. The van der Waals surface area contributed by atoms with Crippen molar-refractivity contribution in [1.82, 2.24) is 14.8 Å². The van der Waals surface area contributed by atoms with Gasteiger partial charge in [0.1, 0.15) is 11.8 Å². The van der Waals surface area contributed by atoms with E-state index in [0.29, 0.717) is 18.0 Å². The quantitative estimate of drug-likeness (QED) is 0.799. The van der Waals surface area contributed by atoms with Gasteiger partial charge in [-0.3, -0.25) is 9.67 Å². The maximum absolute atomic E-state index is 10.7. The Kier molecular flexibility index (Phi) is 3.58. The van der Waals surface area contributed by atoms with E-state index in [1.54, 1.807) is 24.2 Å². The first-order valence-corrected chi connectivity index (χ1v) is 6.87. The summed E-state index contributed by atoms with van der Waals surface area (Å²) in [5, 5.41) is 15.9. The molecule has 0 saturated carbocycles. The summed E-state index contributed by atoms with van der Waals surface area (Å²) in [6, 6.07) is 9.60. The van der Waals surface area contributed by atoms with Crippen LogP contribution in [0.5, 0.6) is 5.75 Å². The van der Waals surface area contributed by atoms with Crippen LogP contribution in [0.4, 0.5) is 0 Å². The number of ether oxygens (including phenoxy) is 1. The summed E-state index contributed by atoms with van der Waals surface area (Å²) in [7, 11) is 1.58. The molecule has 0 aliphatic carbocycles. The summed E-state index contributed by atoms with van der Waals surface area (Å²) in [5.74, 6) is 0.593. The van der Waals surface area contributed by atoms with Gasteiger partial charge in [0.25, 0.3) is 0 Å². The van der Waals surface area contributed by atoms with Crippen molar-refractivity contribution in [1.29, 1.82) is 0 Å². The number of benzene rings is 1. The Bertz CT molecular complexity index is 746. The summed E-state index contributed by atoms with van der Waals surface area (Å²) in [4.78, 5) is 4.29. The zero-order valence-electron chi connectivity index (χ0n) is 12.0. The van der Waals surface area contributed by atoms with Crippen LogP contribution in [0.25, 0.3) is 10.9 Å². The molecule has 108 valence electrons. The summed E-state index contributed by atoms with van der Waals surface area (Å²) in [6.07, 6.45) is 2.60. The number of rotatable bonds is 4. The van der Waals surface area contributed by atoms with Crippen molar-refractivity contribution in [3.63, 3.8) is 0 Å². The molecule has 1 unspecified atom stereocenters. The molecular formula is C16H17N3O2. The fourth-order valence-corrected chi connectivity index (χ4v) is 2.48. The lowest BCUT2D eigenvalue weighted by molar-refractivity contribution is 0.202. The van der Waals surface area contributed by atoms with E-state index in [0.717, 1.165) is 16.5 Å². The van der Waals surface area contributed by atoms with Crippen molar-refractivity contribution in [3.05, 3.63) is 54.0 Å². The molecule has 2 heterocycles. The predicted octanol–water partition coefficient (Wildman–Crippen LogP) is 2.54. The number of pyridine rings is 1. The molecule has 0 radical (unpaired) electrons. The number of aromatic nitrogens is 3. The smallest absolute Gasteiger partial charge is 0.163 e. The van der Waals surface area contributed by atoms with Gasteiger partial charge < -0.3 is 9.84 Å². The molecular weight excluding hydrogens is 266 g/mol. The summed E-state index contributed by atoms with van der Waals surface area (Å²) in [6.45, 7) is 2.65. The number of aryl methyl sites for hydroxylation is 1. The van der Waals surface area contributed by atoms with Gasteiger partial charge in [0.05, 0.1) is 18.8 Å². The number of aliphatic hydroxyl groups is 1. The topological polar surface area (TPSA) is 60.2 Å². The number of hydrogen-bond acceptors (Lipinski definition) is 4. The van der Waals surface area contributed by atoms with E-state index in [2.05, 4.69) is 10.1 Å². The molecule has 5 nitrogen and oxygen atoms in total.